The van der Waals surface area contributed by atoms with Gasteiger partial charge in [0.1, 0.15) is 0 Å². The molecule has 1 saturated heterocycles. The van der Waals surface area contributed by atoms with Crippen LogP contribution in [0.1, 0.15) is 12.8 Å². The average Bonchev–Trinajstić information content (AvgIpc) is 2.30. The number of piperidine rings is 1. The van der Waals surface area contributed by atoms with Crippen LogP contribution in [0.15, 0.2) is 36.7 Å². The van der Waals surface area contributed by atoms with Gasteiger partial charge in [-0.05, 0) is 25.0 Å². The molecule has 0 atom stereocenters. The molecule has 1 rings (SSSR count). The van der Waals surface area contributed by atoms with Crippen LogP contribution in [-0.2, 0) is 0 Å². The van der Waals surface area contributed by atoms with E-state index in [2.05, 4.69) is 13.2 Å². The molecular formula is C12H18F2N2. The molecule has 2 nitrogen and oxygen atoms in total. The summed E-state index contributed by atoms with van der Waals surface area (Å²) in [6.07, 6.45) is 1.99. The third kappa shape index (κ3) is 2.84. The highest BCUT2D eigenvalue weighted by Crippen LogP contribution is 2.26. The Morgan fingerprint density at radius 2 is 1.81 bits per heavy atom. The van der Waals surface area contributed by atoms with E-state index in [1.165, 1.54) is 0 Å². The molecule has 0 aromatic carbocycles. The Morgan fingerprint density at radius 3 is 2.19 bits per heavy atom. The standard InChI is InChI=1S/C12H18F2N2/c1-3-10(15)11(4-2)16-7-5-9(6-8-16)12(13)14/h3-4,9,12H,1-2,5-8,15H2/b11-10-. The Kier molecular flexibility index (Phi) is 4.52. The van der Waals surface area contributed by atoms with E-state index in [1.54, 1.807) is 12.2 Å². The minimum atomic E-state index is -2.21. The van der Waals surface area contributed by atoms with Crippen molar-refractivity contribution in [2.75, 3.05) is 13.1 Å². The molecule has 0 aliphatic carbocycles. The molecule has 4 heteroatoms. The van der Waals surface area contributed by atoms with Gasteiger partial charge in [-0.3, -0.25) is 0 Å². The van der Waals surface area contributed by atoms with Crippen LogP contribution in [0.2, 0.25) is 0 Å². The molecule has 0 aromatic rings. The van der Waals surface area contributed by atoms with E-state index in [9.17, 15) is 8.78 Å². The maximum atomic E-state index is 12.5. The first-order valence-corrected chi connectivity index (χ1v) is 5.37. The van der Waals surface area contributed by atoms with Crippen LogP contribution < -0.4 is 5.73 Å². The largest absolute Gasteiger partial charge is 0.397 e. The van der Waals surface area contributed by atoms with Gasteiger partial charge >= 0.3 is 0 Å². The molecule has 0 saturated carbocycles. The Bertz CT molecular complexity index is 289. The van der Waals surface area contributed by atoms with Gasteiger partial charge in [0.15, 0.2) is 0 Å². The number of halogens is 2. The zero-order chi connectivity index (χ0) is 12.1. The van der Waals surface area contributed by atoms with Crippen LogP contribution in [0.5, 0.6) is 0 Å². The van der Waals surface area contributed by atoms with Crippen LogP contribution in [0, 0.1) is 5.92 Å². The number of hydrogen-bond acceptors (Lipinski definition) is 2. The van der Waals surface area contributed by atoms with Crippen molar-refractivity contribution in [1.82, 2.24) is 4.90 Å². The van der Waals surface area contributed by atoms with E-state index >= 15 is 0 Å². The van der Waals surface area contributed by atoms with Crippen molar-refractivity contribution in [3.63, 3.8) is 0 Å². The Morgan fingerprint density at radius 1 is 1.25 bits per heavy atom. The van der Waals surface area contributed by atoms with Crippen LogP contribution in [0.3, 0.4) is 0 Å². The minimum absolute atomic E-state index is 0.479. The van der Waals surface area contributed by atoms with Gasteiger partial charge in [0.25, 0.3) is 0 Å². The van der Waals surface area contributed by atoms with Crippen LogP contribution in [0.25, 0.3) is 0 Å². The summed E-state index contributed by atoms with van der Waals surface area (Å²) in [5.74, 6) is -0.479. The topological polar surface area (TPSA) is 29.3 Å². The summed E-state index contributed by atoms with van der Waals surface area (Å²) >= 11 is 0. The molecule has 2 N–H and O–H groups in total. The fourth-order valence-corrected chi connectivity index (χ4v) is 1.93. The van der Waals surface area contributed by atoms with Crippen LogP contribution >= 0.6 is 0 Å². The van der Waals surface area contributed by atoms with Crippen molar-refractivity contribution in [2.45, 2.75) is 19.3 Å². The van der Waals surface area contributed by atoms with Crippen molar-refractivity contribution in [2.24, 2.45) is 11.7 Å². The SMILES string of the molecule is C=C/C(N)=C(\C=C)N1CCC(C(F)F)CC1. The number of nitrogens with zero attached hydrogens (tertiary/aromatic N) is 1. The highest BCUT2D eigenvalue weighted by Gasteiger charge is 2.26. The lowest BCUT2D eigenvalue weighted by Crippen LogP contribution is -2.35. The van der Waals surface area contributed by atoms with Crippen LogP contribution in [0.4, 0.5) is 8.78 Å². The maximum absolute atomic E-state index is 12.5. The van der Waals surface area contributed by atoms with Gasteiger partial charge in [0, 0.05) is 19.0 Å². The molecule has 0 bridgehead atoms. The molecule has 90 valence electrons. The lowest BCUT2D eigenvalue weighted by atomic mass is 9.97. The number of alkyl halides is 2. The molecule has 1 aliphatic rings. The second kappa shape index (κ2) is 5.68. The fraction of sp³-hybridized carbons (Fsp3) is 0.500. The zero-order valence-corrected chi connectivity index (χ0v) is 9.33. The number of allylic oxidation sites excluding steroid dienone is 2. The second-order valence-electron chi connectivity index (χ2n) is 3.91. The Hall–Kier alpha value is -1.32. The van der Waals surface area contributed by atoms with Crippen molar-refractivity contribution < 1.29 is 8.78 Å². The number of likely N-dealkylation sites (tertiary alicyclic amines) is 1. The van der Waals surface area contributed by atoms with E-state index in [-0.39, 0.29) is 0 Å². The third-order valence-electron chi connectivity index (χ3n) is 2.95. The van der Waals surface area contributed by atoms with Crippen LogP contribution in [-0.4, -0.2) is 24.4 Å². The molecule has 1 aliphatic heterocycles. The van der Waals surface area contributed by atoms with Crippen molar-refractivity contribution >= 4 is 0 Å². The minimum Gasteiger partial charge on any atom is -0.397 e. The number of hydrogen-bond donors (Lipinski definition) is 1. The molecule has 0 amide bonds. The summed E-state index contributed by atoms with van der Waals surface area (Å²) < 4.78 is 24.9. The molecule has 16 heavy (non-hydrogen) atoms. The zero-order valence-electron chi connectivity index (χ0n) is 9.33. The highest BCUT2D eigenvalue weighted by atomic mass is 19.3. The highest BCUT2D eigenvalue weighted by molar-refractivity contribution is 5.28. The summed E-state index contributed by atoms with van der Waals surface area (Å²) in [5.41, 5.74) is 7.09. The predicted molar refractivity (Wildman–Crippen MR) is 61.9 cm³/mol. The predicted octanol–water partition coefficient (Wildman–Crippen LogP) is 2.51. The van der Waals surface area contributed by atoms with Gasteiger partial charge in [-0.2, -0.15) is 0 Å². The van der Waals surface area contributed by atoms with E-state index < -0.39 is 12.3 Å². The monoisotopic (exact) mass is 228 g/mol. The van der Waals surface area contributed by atoms with Crippen molar-refractivity contribution in [3.8, 4) is 0 Å². The number of rotatable bonds is 4. The van der Waals surface area contributed by atoms with E-state index in [1.807, 2.05) is 4.90 Å². The summed E-state index contributed by atoms with van der Waals surface area (Å²) in [5, 5.41) is 0. The molecule has 0 radical (unpaired) electrons. The smallest absolute Gasteiger partial charge is 0.241 e. The van der Waals surface area contributed by atoms with Gasteiger partial charge in [0.05, 0.1) is 11.4 Å². The van der Waals surface area contributed by atoms with Gasteiger partial charge in [-0.15, -0.1) is 0 Å². The average molecular weight is 228 g/mol. The number of nitrogens with two attached hydrogens (primary N) is 1. The lowest BCUT2D eigenvalue weighted by Gasteiger charge is -2.34. The van der Waals surface area contributed by atoms with E-state index in [4.69, 9.17) is 5.73 Å². The molecule has 1 heterocycles. The first-order chi connectivity index (χ1) is 7.60. The lowest BCUT2D eigenvalue weighted by molar-refractivity contribution is 0.0425. The molecule has 0 unspecified atom stereocenters. The fourth-order valence-electron chi connectivity index (χ4n) is 1.93. The third-order valence-corrected chi connectivity index (χ3v) is 2.95. The summed E-state index contributed by atoms with van der Waals surface area (Å²) in [6, 6.07) is 0. The van der Waals surface area contributed by atoms with Gasteiger partial charge < -0.3 is 10.6 Å². The van der Waals surface area contributed by atoms with Gasteiger partial charge in [0.2, 0.25) is 6.43 Å². The second-order valence-corrected chi connectivity index (χ2v) is 3.91. The normalized spacial score (nSPS) is 19.6. The van der Waals surface area contributed by atoms with E-state index in [0.717, 1.165) is 5.70 Å². The summed E-state index contributed by atoms with van der Waals surface area (Å²) in [7, 11) is 0. The molecule has 1 fully saturated rings. The quantitative estimate of drug-likeness (QED) is 0.749. The molecular weight excluding hydrogens is 210 g/mol. The first-order valence-electron chi connectivity index (χ1n) is 5.37. The first kappa shape index (κ1) is 12.7. The molecule has 0 aromatic heterocycles. The summed E-state index contributed by atoms with van der Waals surface area (Å²) in [4.78, 5) is 1.99. The van der Waals surface area contributed by atoms with Gasteiger partial charge in [-0.1, -0.05) is 13.2 Å². The van der Waals surface area contributed by atoms with Crippen molar-refractivity contribution in [1.29, 1.82) is 0 Å². The maximum Gasteiger partial charge on any atom is 0.241 e. The summed E-state index contributed by atoms with van der Waals surface area (Å²) in [6.45, 7) is 8.48. The van der Waals surface area contributed by atoms with Gasteiger partial charge in [-0.25, -0.2) is 8.78 Å². The molecule has 0 spiro atoms. The van der Waals surface area contributed by atoms with Crippen molar-refractivity contribution in [3.05, 3.63) is 36.7 Å². The Balaban J connectivity index is 2.65. The Labute approximate surface area is 95.1 Å². The van der Waals surface area contributed by atoms with E-state index in [0.29, 0.717) is 31.6 Å².